The van der Waals surface area contributed by atoms with Gasteiger partial charge in [0.2, 0.25) is 5.91 Å². The molecule has 0 bridgehead atoms. The van der Waals surface area contributed by atoms with Gasteiger partial charge >= 0.3 is 0 Å². The zero-order valence-electron chi connectivity index (χ0n) is 11.2. The van der Waals surface area contributed by atoms with Gasteiger partial charge in [0.15, 0.2) is 0 Å². The van der Waals surface area contributed by atoms with Crippen molar-refractivity contribution in [3.8, 4) is 0 Å². The molecule has 0 aliphatic rings. The molecule has 0 saturated heterocycles. The summed E-state index contributed by atoms with van der Waals surface area (Å²) in [5.74, 6) is -1.19. The summed E-state index contributed by atoms with van der Waals surface area (Å²) in [6.45, 7) is 2.22. The second-order valence-electron chi connectivity index (χ2n) is 4.43. The monoisotopic (exact) mass is 269 g/mol. The molecule has 19 heavy (non-hydrogen) atoms. The molecule has 1 rings (SSSR count). The van der Waals surface area contributed by atoms with E-state index in [1.807, 2.05) is 0 Å². The minimum atomic E-state index is -0.603. The van der Waals surface area contributed by atoms with Crippen LogP contribution in [-0.2, 0) is 9.53 Å². The van der Waals surface area contributed by atoms with Gasteiger partial charge in [0, 0.05) is 13.7 Å². The van der Waals surface area contributed by atoms with Gasteiger partial charge in [-0.05, 0) is 25.0 Å². The highest BCUT2D eigenvalue weighted by Crippen LogP contribution is 2.18. The maximum atomic E-state index is 13.5. The topological polar surface area (TPSA) is 58.6 Å². The Hall–Kier alpha value is -1.46. The minimum absolute atomic E-state index is 0.235. The highest BCUT2D eigenvalue weighted by Gasteiger charge is 2.18. The van der Waals surface area contributed by atoms with Crippen LogP contribution in [0.1, 0.15) is 24.8 Å². The van der Waals surface area contributed by atoms with Gasteiger partial charge in [-0.25, -0.2) is 4.39 Å². The van der Waals surface area contributed by atoms with Gasteiger partial charge in [-0.1, -0.05) is 18.2 Å². The fourth-order valence-corrected chi connectivity index (χ4v) is 1.76. The molecule has 5 heteroatoms. The van der Waals surface area contributed by atoms with Gasteiger partial charge in [0.25, 0.3) is 0 Å². The highest BCUT2D eigenvalue weighted by molar-refractivity contribution is 5.83. The molecular formula is C14H20FNO3. The SMILES string of the molecule is COCC(O)CCNC(=O)C(C)c1ccccc1F. The van der Waals surface area contributed by atoms with Crippen LogP contribution < -0.4 is 5.32 Å². The van der Waals surface area contributed by atoms with E-state index in [0.717, 1.165) is 0 Å². The summed E-state index contributed by atoms with van der Waals surface area (Å²) in [6, 6.07) is 6.22. The largest absolute Gasteiger partial charge is 0.391 e. The number of hydrogen-bond acceptors (Lipinski definition) is 3. The van der Waals surface area contributed by atoms with Crippen molar-refractivity contribution < 1.29 is 19.0 Å². The number of benzene rings is 1. The van der Waals surface area contributed by atoms with Crippen molar-refractivity contribution >= 4 is 5.91 Å². The third-order valence-electron chi connectivity index (χ3n) is 2.90. The van der Waals surface area contributed by atoms with E-state index in [2.05, 4.69) is 5.32 Å². The van der Waals surface area contributed by atoms with Crippen molar-refractivity contribution in [3.63, 3.8) is 0 Å². The molecule has 2 N–H and O–H groups in total. The number of ether oxygens (including phenoxy) is 1. The second-order valence-corrected chi connectivity index (χ2v) is 4.43. The Kier molecular flexibility index (Phi) is 6.45. The highest BCUT2D eigenvalue weighted by atomic mass is 19.1. The Morgan fingerprint density at radius 2 is 2.16 bits per heavy atom. The van der Waals surface area contributed by atoms with Crippen LogP contribution in [0, 0.1) is 5.82 Å². The molecule has 0 saturated carbocycles. The summed E-state index contributed by atoms with van der Waals surface area (Å²) in [4.78, 5) is 11.8. The quantitative estimate of drug-likeness (QED) is 0.787. The number of nitrogens with one attached hydrogen (secondary N) is 1. The number of methoxy groups -OCH3 is 1. The van der Waals surface area contributed by atoms with Gasteiger partial charge < -0.3 is 15.2 Å². The Morgan fingerprint density at radius 1 is 1.47 bits per heavy atom. The summed E-state index contributed by atoms with van der Waals surface area (Å²) < 4.78 is 18.3. The van der Waals surface area contributed by atoms with Crippen LogP contribution in [0.25, 0.3) is 0 Å². The number of halogens is 1. The second kappa shape index (κ2) is 7.86. The van der Waals surface area contributed by atoms with Crippen LogP contribution in [0.4, 0.5) is 4.39 Å². The molecule has 0 fully saturated rings. The zero-order valence-corrected chi connectivity index (χ0v) is 11.2. The summed E-state index contributed by atoms with van der Waals surface area (Å²) in [5.41, 5.74) is 0.373. The lowest BCUT2D eigenvalue weighted by molar-refractivity contribution is -0.122. The summed E-state index contributed by atoms with van der Waals surface area (Å²) in [6.07, 6.45) is -0.196. The van der Waals surface area contributed by atoms with Crippen molar-refractivity contribution in [1.82, 2.24) is 5.32 Å². The Balaban J connectivity index is 2.44. The molecule has 1 aromatic carbocycles. The van der Waals surface area contributed by atoms with Crippen LogP contribution in [-0.4, -0.2) is 37.4 Å². The first-order chi connectivity index (χ1) is 9.06. The molecule has 0 aromatic heterocycles. The number of aliphatic hydroxyl groups is 1. The van der Waals surface area contributed by atoms with Gasteiger partial charge in [0.1, 0.15) is 5.82 Å². The zero-order chi connectivity index (χ0) is 14.3. The van der Waals surface area contributed by atoms with E-state index < -0.39 is 12.0 Å². The lowest BCUT2D eigenvalue weighted by atomic mass is 10.00. The standard InChI is InChI=1S/C14H20FNO3/c1-10(12-5-3-4-6-13(12)15)14(18)16-8-7-11(17)9-19-2/h3-6,10-11,17H,7-9H2,1-2H3,(H,16,18). The molecular weight excluding hydrogens is 249 g/mol. The molecule has 0 aliphatic heterocycles. The number of amides is 1. The molecule has 0 aliphatic carbocycles. The molecule has 2 unspecified atom stereocenters. The third kappa shape index (κ3) is 4.96. The van der Waals surface area contributed by atoms with Gasteiger partial charge in [-0.3, -0.25) is 4.79 Å². The number of rotatable bonds is 7. The smallest absolute Gasteiger partial charge is 0.227 e. The summed E-state index contributed by atoms with van der Waals surface area (Å²) in [7, 11) is 1.50. The normalized spacial score (nSPS) is 13.9. The lowest BCUT2D eigenvalue weighted by Crippen LogP contribution is -2.31. The number of hydrogen-bond donors (Lipinski definition) is 2. The fourth-order valence-electron chi connectivity index (χ4n) is 1.76. The van der Waals surface area contributed by atoms with Crippen molar-refractivity contribution in [2.75, 3.05) is 20.3 Å². The average molecular weight is 269 g/mol. The number of carbonyl (C=O) groups is 1. The van der Waals surface area contributed by atoms with Crippen LogP contribution in [0.5, 0.6) is 0 Å². The van der Waals surface area contributed by atoms with E-state index in [-0.39, 0.29) is 18.3 Å². The van der Waals surface area contributed by atoms with Crippen LogP contribution in [0.2, 0.25) is 0 Å². The van der Waals surface area contributed by atoms with E-state index in [1.54, 1.807) is 25.1 Å². The number of carbonyl (C=O) groups excluding carboxylic acids is 1. The number of aliphatic hydroxyl groups excluding tert-OH is 1. The average Bonchev–Trinajstić information content (AvgIpc) is 2.38. The molecule has 1 amide bonds. The van der Waals surface area contributed by atoms with Crippen molar-refractivity contribution in [2.45, 2.75) is 25.4 Å². The Bertz CT molecular complexity index is 411. The van der Waals surface area contributed by atoms with Crippen molar-refractivity contribution in [3.05, 3.63) is 35.6 Å². The van der Waals surface area contributed by atoms with E-state index >= 15 is 0 Å². The minimum Gasteiger partial charge on any atom is -0.391 e. The van der Waals surface area contributed by atoms with Gasteiger partial charge in [-0.15, -0.1) is 0 Å². The first-order valence-corrected chi connectivity index (χ1v) is 6.25. The van der Waals surface area contributed by atoms with Crippen LogP contribution in [0.15, 0.2) is 24.3 Å². The molecule has 0 heterocycles. The molecule has 0 spiro atoms. The van der Waals surface area contributed by atoms with E-state index in [0.29, 0.717) is 18.5 Å². The summed E-state index contributed by atoms with van der Waals surface area (Å²) in [5, 5.41) is 12.1. The Morgan fingerprint density at radius 3 is 2.79 bits per heavy atom. The maximum absolute atomic E-state index is 13.5. The predicted molar refractivity (Wildman–Crippen MR) is 70.3 cm³/mol. The van der Waals surface area contributed by atoms with E-state index in [4.69, 9.17) is 4.74 Å². The molecule has 2 atom stereocenters. The first-order valence-electron chi connectivity index (χ1n) is 6.25. The van der Waals surface area contributed by atoms with Gasteiger partial charge in [-0.2, -0.15) is 0 Å². The van der Waals surface area contributed by atoms with Crippen LogP contribution >= 0.6 is 0 Å². The summed E-state index contributed by atoms with van der Waals surface area (Å²) >= 11 is 0. The fraction of sp³-hybridized carbons (Fsp3) is 0.500. The van der Waals surface area contributed by atoms with Crippen molar-refractivity contribution in [1.29, 1.82) is 0 Å². The molecule has 0 radical (unpaired) electrons. The van der Waals surface area contributed by atoms with Crippen molar-refractivity contribution in [2.24, 2.45) is 0 Å². The van der Waals surface area contributed by atoms with E-state index in [1.165, 1.54) is 13.2 Å². The predicted octanol–water partition coefficient (Wildman–Crippen LogP) is 1.44. The van der Waals surface area contributed by atoms with E-state index in [9.17, 15) is 14.3 Å². The third-order valence-corrected chi connectivity index (χ3v) is 2.90. The lowest BCUT2D eigenvalue weighted by Gasteiger charge is -2.14. The first kappa shape index (κ1) is 15.6. The van der Waals surface area contributed by atoms with Crippen LogP contribution in [0.3, 0.4) is 0 Å². The maximum Gasteiger partial charge on any atom is 0.227 e. The molecule has 4 nitrogen and oxygen atoms in total. The van der Waals surface area contributed by atoms with Gasteiger partial charge in [0.05, 0.1) is 18.6 Å². The molecule has 1 aromatic rings. The molecule has 106 valence electrons. The Labute approximate surface area is 112 Å².